The molecule has 0 bridgehead atoms. The molecule has 0 aliphatic carbocycles. The van der Waals surface area contributed by atoms with Gasteiger partial charge < -0.3 is 4.74 Å². The molecule has 23 heavy (non-hydrogen) atoms. The van der Waals surface area contributed by atoms with Gasteiger partial charge in [0.1, 0.15) is 5.75 Å². The topological polar surface area (TPSA) is 43.4 Å². The van der Waals surface area contributed by atoms with Gasteiger partial charge in [0.2, 0.25) is 0 Å². The lowest BCUT2D eigenvalue weighted by atomic mass is 10.0. The Morgan fingerprint density at radius 2 is 1.48 bits per heavy atom. The molecule has 0 saturated carbocycles. The van der Waals surface area contributed by atoms with Crippen molar-refractivity contribution in [2.45, 2.75) is 25.7 Å². The molecule has 4 heteroatoms. The molecule has 0 unspecified atom stereocenters. The zero-order valence-electron chi connectivity index (χ0n) is 12.9. The maximum Gasteiger partial charge on any atom is 0.311 e. The van der Waals surface area contributed by atoms with Gasteiger partial charge in [-0.25, -0.2) is 0 Å². The first-order chi connectivity index (χ1) is 11.2. The number of ether oxygens (including phenoxy) is 1. The first-order valence-electron chi connectivity index (χ1n) is 7.72. The first-order valence-corrected chi connectivity index (χ1v) is 8.35. The third-order valence-electron chi connectivity index (χ3n) is 3.42. The second-order valence-electron chi connectivity index (χ2n) is 5.23. The fourth-order valence-electron chi connectivity index (χ4n) is 2.17. The minimum absolute atomic E-state index is 0.0461. The van der Waals surface area contributed by atoms with Crippen molar-refractivity contribution >= 4 is 24.4 Å². The number of carbonyl (C=O) groups excluding carboxylic acids is 2. The summed E-state index contributed by atoms with van der Waals surface area (Å²) >= 11 is 4.13. The average molecular weight is 328 g/mol. The predicted molar refractivity (Wildman–Crippen MR) is 94.3 cm³/mol. The van der Waals surface area contributed by atoms with Gasteiger partial charge in [-0.1, -0.05) is 36.8 Å². The third kappa shape index (κ3) is 5.57. The normalized spacial score (nSPS) is 10.3. The van der Waals surface area contributed by atoms with E-state index in [1.54, 1.807) is 36.4 Å². The van der Waals surface area contributed by atoms with Crippen molar-refractivity contribution < 1.29 is 14.3 Å². The van der Waals surface area contributed by atoms with E-state index in [4.69, 9.17) is 4.74 Å². The molecule has 2 aromatic carbocycles. The van der Waals surface area contributed by atoms with Crippen LogP contribution in [0.25, 0.3) is 0 Å². The number of carbonyl (C=O) groups is 2. The summed E-state index contributed by atoms with van der Waals surface area (Å²) in [6.45, 7) is 0. The Morgan fingerprint density at radius 3 is 2.13 bits per heavy atom. The number of unbranched alkanes of at least 4 members (excludes halogenated alkanes) is 2. The monoisotopic (exact) mass is 328 g/mol. The van der Waals surface area contributed by atoms with Crippen LogP contribution in [-0.2, 0) is 4.79 Å². The summed E-state index contributed by atoms with van der Waals surface area (Å²) < 4.78 is 5.27. The Kier molecular flexibility index (Phi) is 6.88. The summed E-state index contributed by atoms with van der Waals surface area (Å²) in [5.41, 5.74) is 1.21. The molecule has 2 aromatic rings. The van der Waals surface area contributed by atoms with E-state index in [1.165, 1.54) is 0 Å². The summed E-state index contributed by atoms with van der Waals surface area (Å²) in [5, 5.41) is 0. The number of hydrogen-bond acceptors (Lipinski definition) is 4. The highest BCUT2D eigenvalue weighted by Gasteiger charge is 2.09. The van der Waals surface area contributed by atoms with Crippen LogP contribution >= 0.6 is 12.6 Å². The van der Waals surface area contributed by atoms with Crippen LogP contribution in [0.4, 0.5) is 0 Å². The van der Waals surface area contributed by atoms with E-state index in [-0.39, 0.29) is 11.8 Å². The summed E-state index contributed by atoms with van der Waals surface area (Å²) in [6, 6.07) is 15.8. The smallest absolute Gasteiger partial charge is 0.311 e. The number of hydrogen-bond donors (Lipinski definition) is 1. The second-order valence-corrected chi connectivity index (χ2v) is 5.68. The number of ketones is 1. The van der Waals surface area contributed by atoms with Gasteiger partial charge in [0.25, 0.3) is 0 Å². The molecule has 0 heterocycles. The number of rotatable bonds is 8. The molecule has 0 saturated heterocycles. The van der Waals surface area contributed by atoms with Crippen LogP contribution in [0.2, 0.25) is 0 Å². The highest BCUT2D eigenvalue weighted by Crippen LogP contribution is 2.16. The Morgan fingerprint density at radius 1 is 0.826 bits per heavy atom. The largest absolute Gasteiger partial charge is 0.427 e. The summed E-state index contributed by atoms with van der Waals surface area (Å²) in [6.07, 6.45) is 3.19. The van der Waals surface area contributed by atoms with Gasteiger partial charge in [-0.3, -0.25) is 9.59 Å². The van der Waals surface area contributed by atoms with Crippen molar-refractivity contribution in [1.82, 2.24) is 0 Å². The van der Waals surface area contributed by atoms with Crippen LogP contribution in [0.1, 0.15) is 41.6 Å². The van der Waals surface area contributed by atoms with E-state index in [0.717, 1.165) is 25.0 Å². The van der Waals surface area contributed by atoms with Crippen LogP contribution in [0.3, 0.4) is 0 Å². The first kappa shape index (κ1) is 17.3. The van der Waals surface area contributed by atoms with E-state index in [2.05, 4.69) is 12.6 Å². The van der Waals surface area contributed by atoms with E-state index in [1.807, 2.05) is 18.2 Å². The molecule has 0 aromatic heterocycles. The molecule has 0 N–H and O–H groups in total. The Hall–Kier alpha value is -2.07. The zero-order valence-corrected chi connectivity index (χ0v) is 13.8. The van der Waals surface area contributed by atoms with Gasteiger partial charge in [0, 0.05) is 17.5 Å². The SMILES string of the molecule is O=C(CCCCCS)Oc1ccc(C(=O)c2ccccc2)cc1. The summed E-state index contributed by atoms with van der Waals surface area (Å²) in [4.78, 5) is 24.0. The fraction of sp³-hybridized carbons (Fsp3) is 0.263. The van der Waals surface area contributed by atoms with Gasteiger partial charge in [-0.05, 0) is 42.9 Å². The molecule has 0 atom stereocenters. The molecule has 0 aliphatic heterocycles. The predicted octanol–water partition coefficient (Wildman–Crippen LogP) is 4.31. The lowest BCUT2D eigenvalue weighted by molar-refractivity contribution is -0.134. The fourth-order valence-corrected chi connectivity index (χ4v) is 2.39. The lowest BCUT2D eigenvalue weighted by Crippen LogP contribution is -2.08. The van der Waals surface area contributed by atoms with Crippen LogP contribution < -0.4 is 4.74 Å². The molecule has 3 nitrogen and oxygen atoms in total. The Labute approximate surface area is 142 Å². The minimum atomic E-state index is -0.244. The van der Waals surface area contributed by atoms with E-state index >= 15 is 0 Å². The van der Waals surface area contributed by atoms with Crippen LogP contribution in [0.15, 0.2) is 54.6 Å². The van der Waals surface area contributed by atoms with Crippen molar-refractivity contribution in [2.24, 2.45) is 0 Å². The molecule has 0 fully saturated rings. The number of esters is 1. The molecule has 0 spiro atoms. The van der Waals surface area contributed by atoms with Gasteiger partial charge in [-0.15, -0.1) is 0 Å². The third-order valence-corrected chi connectivity index (χ3v) is 3.74. The minimum Gasteiger partial charge on any atom is -0.427 e. The number of benzene rings is 2. The van der Waals surface area contributed by atoms with E-state index < -0.39 is 0 Å². The maximum absolute atomic E-state index is 12.3. The van der Waals surface area contributed by atoms with Crippen molar-refractivity contribution in [3.63, 3.8) is 0 Å². The number of thiol groups is 1. The average Bonchev–Trinajstić information content (AvgIpc) is 2.59. The van der Waals surface area contributed by atoms with Gasteiger partial charge in [-0.2, -0.15) is 12.6 Å². The molecular formula is C19H20O3S. The molecule has 0 aliphatic rings. The van der Waals surface area contributed by atoms with Crippen molar-refractivity contribution in [2.75, 3.05) is 5.75 Å². The van der Waals surface area contributed by atoms with E-state index in [0.29, 0.717) is 23.3 Å². The quantitative estimate of drug-likeness (QED) is 0.258. The van der Waals surface area contributed by atoms with Crippen LogP contribution in [-0.4, -0.2) is 17.5 Å². The maximum atomic E-state index is 12.3. The Bertz CT molecular complexity index is 635. The van der Waals surface area contributed by atoms with Crippen molar-refractivity contribution in [1.29, 1.82) is 0 Å². The van der Waals surface area contributed by atoms with Crippen LogP contribution in [0, 0.1) is 0 Å². The summed E-state index contributed by atoms with van der Waals surface area (Å²) in [7, 11) is 0. The summed E-state index contributed by atoms with van der Waals surface area (Å²) in [5.74, 6) is 1.02. The second kappa shape index (κ2) is 9.16. The highest BCUT2D eigenvalue weighted by molar-refractivity contribution is 7.80. The standard InChI is InChI=1S/C19H20O3S/c20-18(9-5-2-6-14-23)22-17-12-10-16(11-13-17)19(21)15-7-3-1-4-8-15/h1,3-4,7-8,10-13,23H,2,5-6,9,14H2. The lowest BCUT2D eigenvalue weighted by Gasteiger charge is -2.06. The van der Waals surface area contributed by atoms with Gasteiger partial charge in [0.15, 0.2) is 5.78 Å². The molecular weight excluding hydrogens is 308 g/mol. The molecule has 2 rings (SSSR count). The van der Waals surface area contributed by atoms with Crippen molar-refractivity contribution in [3.05, 3.63) is 65.7 Å². The molecule has 120 valence electrons. The van der Waals surface area contributed by atoms with Crippen LogP contribution in [0.5, 0.6) is 5.75 Å². The molecule has 0 radical (unpaired) electrons. The van der Waals surface area contributed by atoms with Gasteiger partial charge >= 0.3 is 5.97 Å². The van der Waals surface area contributed by atoms with Crippen molar-refractivity contribution in [3.8, 4) is 5.75 Å². The van der Waals surface area contributed by atoms with Gasteiger partial charge in [0.05, 0.1) is 0 Å². The zero-order chi connectivity index (χ0) is 16.5. The Balaban J connectivity index is 1.89. The molecule has 0 amide bonds. The van der Waals surface area contributed by atoms with E-state index in [9.17, 15) is 9.59 Å². The highest BCUT2D eigenvalue weighted by atomic mass is 32.1.